The van der Waals surface area contributed by atoms with Crippen molar-refractivity contribution in [1.29, 1.82) is 0 Å². The molecule has 1 aliphatic rings. The average Bonchev–Trinajstić information content (AvgIpc) is 2.59. The number of fused-ring (bicyclic) bond motifs is 3. The minimum absolute atomic E-state index is 0.301. The Kier molecular flexibility index (Phi) is 1.51. The fourth-order valence-corrected chi connectivity index (χ4v) is 2.23. The topological polar surface area (TPSA) is 21.5 Å². The first-order valence-corrected chi connectivity index (χ1v) is 4.98. The zero-order valence-electron chi connectivity index (χ0n) is 7.86. The molecular weight excluding hydrogens is 174 g/mol. The fraction of sp³-hybridized carbons (Fsp3) is 0.250. The van der Waals surface area contributed by atoms with E-state index in [0.717, 1.165) is 23.9 Å². The Morgan fingerprint density at radius 3 is 3.07 bits per heavy atom. The van der Waals surface area contributed by atoms with E-state index in [0.29, 0.717) is 12.2 Å². The van der Waals surface area contributed by atoms with Gasteiger partial charge in [0.1, 0.15) is 0 Å². The van der Waals surface area contributed by atoms with E-state index in [1.54, 1.807) is 0 Å². The molecule has 0 aliphatic heterocycles. The summed E-state index contributed by atoms with van der Waals surface area (Å²) in [7, 11) is 0. The molecule has 0 fully saturated rings. The van der Waals surface area contributed by atoms with E-state index in [1.165, 1.54) is 5.69 Å². The Hall–Kier alpha value is -1.57. The van der Waals surface area contributed by atoms with Crippen molar-refractivity contribution in [3.63, 3.8) is 0 Å². The van der Waals surface area contributed by atoms with Crippen LogP contribution in [0.25, 0.3) is 5.52 Å². The van der Waals surface area contributed by atoms with Gasteiger partial charge in [0.25, 0.3) is 0 Å². The Labute approximate surface area is 82.2 Å². The number of hydrogen-bond donors (Lipinski definition) is 0. The molecule has 3 rings (SSSR count). The van der Waals surface area contributed by atoms with Crippen LogP contribution in [0.4, 0.5) is 0 Å². The summed E-state index contributed by atoms with van der Waals surface area (Å²) in [6, 6.07) is 8.07. The molecule has 0 saturated heterocycles. The molecule has 2 aromatic heterocycles. The molecule has 2 nitrogen and oxygen atoms in total. The largest absolute Gasteiger partial charge is 0.320 e. The van der Waals surface area contributed by atoms with Gasteiger partial charge >= 0.3 is 0 Å². The molecule has 2 heterocycles. The van der Waals surface area contributed by atoms with Crippen LogP contribution in [0, 0.1) is 0 Å². The second-order valence-electron chi connectivity index (χ2n) is 3.78. The van der Waals surface area contributed by atoms with Crippen molar-refractivity contribution in [3.8, 4) is 0 Å². The van der Waals surface area contributed by atoms with Gasteiger partial charge in [0.2, 0.25) is 0 Å². The molecular formula is C12H11NO. The summed E-state index contributed by atoms with van der Waals surface area (Å²) in [5, 5.41) is 0. The molecule has 70 valence electrons. The van der Waals surface area contributed by atoms with Crippen molar-refractivity contribution < 1.29 is 4.79 Å². The van der Waals surface area contributed by atoms with Gasteiger partial charge in [-0.05, 0) is 31.0 Å². The smallest absolute Gasteiger partial charge is 0.164 e. The first-order chi connectivity index (χ1) is 6.86. The van der Waals surface area contributed by atoms with Crippen LogP contribution < -0.4 is 0 Å². The highest BCUT2D eigenvalue weighted by molar-refractivity contribution is 5.99. The van der Waals surface area contributed by atoms with Crippen LogP contribution in [-0.2, 0) is 6.42 Å². The van der Waals surface area contributed by atoms with Gasteiger partial charge in [0.05, 0.1) is 0 Å². The molecule has 0 saturated carbocycles. The summed E-state index contributed by atoms with van der Waals surface area (Å²) in [5.74, 6) is 0.301. The Balaban J connectivity index is 2.38. The predicted molar refractivity (Wildman–Crippen MR) is 54.7 cm³/mol. The molecule has 0 aromatic carbocycles. The van der Waals surface area contributed by atoms with Crippen LogP contribution >= 0.6 is 0 Å². The quantitative estimate of drug-likeness (QED) is 0.617. The van der Waals surface area contributed by atoms with E-state index in [9.17, 15) is 4.79 Å². The minimum atomic E-state index is 0.301. The van der Waals surface area contributed by atoms with E-state index in [2.05, 4.69) is 4.40 Å². The third-order valence-corrected chi connectivity index (χ3v) is 2.90. The molecule has 0 unspecified atom stereocenters. The lowest BCUT2D eigenvalue weighted by Crippen LogP contribution is -2.10. The Morgan fingerprint density at radius 1 is 1.21 bits per heavy atom. The lowest BCUT2D eigenvalue weighted by molar-refractivity contribution is 0.0972. The van der Waals surface area contributed by atoms with Crippen LogP contribution in [0.3, 0.4) is 0 Å². The van der Waals surface area contributed by atoms with Gasteiger partial charge in [-0.3, -0.25) is 4.79 Å². The number of carbonyl (C=O) groups is 1. The summed E-state index contributed by atoms with van der Waals surface area (Å²) in [6.45, 7) is 0. The third kappa shape index (κ3) is 0.939. The van der Waals surface area contributed by atoms with Crippen LogP contribution in [0.1, 0.15) is 28.9 Å². The molecule has 0 spiro atoms. The standard InChI is InChI=1S/C12H11NO/c14-12-6-3-5-11-10(12)8-9-4-1-2-7-13(9)11/h1-2,4,7-8H,3,5-6H2. The summed E-state index contributed by atoms with van der Waals surface area (Å²) in [6.07, 6.45) is 4.77. The molecule has 0 N–H and O–H groups in total. The van der Waals surface area contributed by atoms with Gasteiger partial charge in [-0.15, -0.1) is 0 Å². The van der Waals surface area contributed by atoms with Crippen LogP contribution in [0.15, 0.2) is 30.5 Å². The number of pyridine rings is 1. The summed E-state index contributed by atoms with van der Waals surface area (Å²) >= 11 is 0. The van der Waals surface area contributed by atoms with Gasteiger partial charge in [0.15, 0.2) is 5.78 Å². The van der Waals surface area contributed by atoms with Gasteiger partial charge in [-0.25, -0.2) is 0 Å². The SMILES string of the molecule is O=C1CCCc2c1cc1ccccn21. The van der Waals surface area contributed by atoms with Gasteiger partial charge < -0.3 is 4.40 Å². The van der Waals surface area contributed by atoms with Crippen molar-refractivity contribution >= 4 is 11.3 Å². The normalized spacial score (nSPS) is 15.9. The summed E-state index contributed by atoms with van der Waals surface area (Å²) in [4.78, 5) is 11.6. The molecule has 0 amide bonds. The maximum Gasteiger partial charge on any atom is 0.164 e. The molecule has 2 aromatic rings. The minimum Gasteiger partial charge on any atom is -0.320 e. The number of ketones is 1. The lowest BCUT2D eigenvalue weighted by atomic mass is 9.97. The molecule has 1 aliphatic carbocycles. The van der Waals surface area contributed by atoms with Gasteiger partial charge in [-0.2, -0.15) is 0 Å². The van der Waals surface area contributed by atoms with E-state index < -0.39 is 0 Å². The third-order valence-electron chi connectivity index (χ3n) is 2.90. The number of hydrogen-bond acceptors (Lipinski definition) is 1. The van der Waals surface area contributed by atoms with E-state index in [-0.39, 0.29) is 0 Å². The second kappa shape index (κ2) is 2.71. The van der Waals surface area contributed by atoms with Crippen molar-refractivity contribution in [2.24, 2.45) is 0 Å². The highest BCUT2D eigenvalue weighted by Crippen LogP contribution is 2.24. The number of aryl methyl sites for hydroxylation is 1. The van der Waals surface area contributed by atoms with E-state index in [1.807, 2.05) is 30.5 Å². The monoisotopic (exact) mass is 185 g/mol. The Bertz CT molecular complexity index is 510. The highest BCUT2D eigenvalue weighted by atomic mass is 16.1. The number of rotatable bonds is 0. The zero-order chi connectivity index (χ0) is 9.54. The number of nitrogens with zero attached hydrogens (tertiary/aromatic N) is 1. The van der Waals surface area contributed by atoms with Crippen LogP contribution in [0.2, 0.25) is 0 Å². The van der Waals surface area contributed by atoms with Crippen LogP contribution in [0.5, 0.6) is 0 Å². The maximum atomic E-state index is 11.6. The zero-order valence-corrected chi connectivity index (χ0v) is 7.86. The molecule has 0 atom stereocenters. The highest BCUT2D eigenvalue weighted by Gasteiger charge is 2.20. The summed E-state index contributed by atoms with van der Waals surface area (Å²) in [5.41, 5.74) is 3.26. The van der Waals surface area contributed by atoms with Gasteiger partial charge in [-0.1, -0.05) is 6.07 Å². The number of Topliss-reactive ketones (excluding diaryl/α,β-unsaturated/α-hetero) is 1. The maximum absolute atomic E-state index is 11.6. The van der Waals surface area contributed by atoms with Crippen molar-refractivity contribution in [3.05, 3.63) is 41.7 Å². The lowest BCUT2D eigenvalue weighted by Gasteiger charge is -2.10. The van der Waals surface area contributed by atoms with Crippen molar-refractivity contribution in [2.75, 3.05) is 0 Å². The summed E-state index contributed by atoms with van der Waals surface area (Å²) < 4.78 is 2.13. The van der Waals surface area contributed by atoms with Crippen LogP contribution in [-0.4, -0.2) is 10.2 Å². The number of carbonyl (C=O) groups excluding carboxylic acids is 1. The van der Waals surface area contributed by atoms with E-state index >= 15 is 0 Å². The molecule has 0 radical (unpaired) electrons. The fourth-order valence-electron chi connectivity index (χ4n) is 2.23. The second-order valence-corrected chi connectivity index (χ2v) is 3.78. The number of aromatic nitrogens is 1. The average molecular weight is 185 g/mol. The Morgan fingerprint density at radius 2 is 2.14 bits per heavy atom. The van der Waals surface area contributed by atoms with Crippen molar-refractivity contribution in [2.45, 2.75) is 19.3 Å². The van der Waals surface area contributed by atoms with Gasteiger partial charge in [0, 0.05) is 29.4 Å². The van der Waals surface area contributed by atoms with E-state index in [4.69, 9.17) is 0 Å². The molecule has 2 heteroatoms. The first kappa shape index (κ1) is 7.80. The first-order valence-electron chi connectivity index (χ1n) is 4.98. The molecule has 14 heavy (non-hydrogen) atoms. The predicted octanol–water partition coefficient (Wildman–Crippen LogP) is 2.46. The van der Waals surface area contributed by atoms with Crippen molar-refractivity contribution in [1.82, 2.24) is 4.40 Å². The molecule has 0 bridgehead atoms.